The summed E-state index contributed by atoms with van der Waals surface area (Å²) >= 11 is 0. The van der Waals surface area contributed by atoms with Crippen LogP contribution >= 0.6 is 0 Å². The minimum Gasteiger partial charge on any atom is -0.493 e. The Kier molecular flexibility index (Phi) is 5.48. The Morgan fingerprint density at radius 3 is 2.38 bits per heavy atom. The molecule has 3 atom stereocenters. The maximum atomic E-state index is 6.10. The molecular formula is C17H28N2O2. The Morgan fingerprint density at radius 2 is 1.86 bits per heavy atom. The van der Waals surface area contributed by atoms with Gasteiger partial charge < -0.3 is 15.2 Å². The van der Waals surface area contributed by atoms with Crippen LogP contribution in [0, 0.1) is 11.8 Å². The molecule has 1 aliphatic rings. The van der Waals surface area contributed by atoms with Crippen LogP contribution < -0.4 is 15.2 Å². The van der Waals surface area contributed by atoms with Gasteiger partial charge in [-0.05, 0) is 24.3 Å². The molecule has 1 fully saturated rings. The summed E-state index contributed by atoms with van der Waals surface area (Å²) in [5, 5.41) is 0. The van der Waals surface area contributed by atoms with Crippen molar-refractivity contribution in [3.63, 3.8) is 0 Å². The first kappa shape index (κ1) is 16.1. The topological polar surface area (TPSA) is 47.7 Å². The van der Waals surface area contributed by atoms with Gasteiger partial charge in [-0.1, -0.05) is 26.0 Å². The van der Waals surface area contributed by atoms with E-state index in [1.165, 1.54) is 6.42 Å². The molecule has 1 saturated heterocycles. The second-order valence-electron chi connectivity index (χ2n) is 6.23. The van der Waals surface area contributed by atoms with E-state index < -0.39 is 0 Å². The highest BCUT2D eigenvalue weighted by Crippen LogP contribution is 2.38. The van der Waals surface area contributed by atoms with Crippen LogP contribution in [0.15, 0.2) is 18.2 Å². The summed E-state index contributed by atoms with van der Waals surface area (Å²) in [5.74, 6) is 2.99. The van der Waals surface area contributed by atoms with E-state index in [4.69, 9.17) is 15.2 Å². The highest BCUT2D eigenvalue weighted by Gasteiger charge is 2.29. The molecule has 0 aliphatic carbocycles. The third-order valence-electron chi connectivity index (χ3n) is 4.35. The largest absolute Gasteiger partial charge is 0.493 e. The van der Waals surface area contributed by atoms with Gasteiger partial charge in [0.2, 0.25) is 0 Å². The molecule has 0 saturated carbocycles. The van der Waals surface area contributed by atoms with Crippen molar-refractivity contribution in [3.8, 4) is 11.5 Å². The lowest BCUT2D eigenvalue weighted by Crippen LogP contribution is -2.43. The molecule has 0 spiro atoms. The van der Waals surface area contributed by atoms with E-state index in [9.17, 15) is 0 Å². The van der Waals surface area contributed by atoms with Gasteiger partial charge in [-0.15, -0.1) is 0 Å². The minimum absolute atomic E-state index is 0.181. The summed E-state index contributed by atoms with van der Waals surface area (Å²) in [6.07, 6.45) is 1.29. The number of nitrogens with zero attached hydrogens (tertiary/aromatic N) is 1. The smallest absolute Gasteiger partial charge is 0.165 e. The van der Waals surface area contributed by atoms with Gasteiger partial charge in [0, 0.05) is 25.2 Å². The molecule has 3 unspecified atom stereocenters. The lowest BCUT2D eigenvalue weighted by atomic mass is 9.89. The highest BCUT2D eigenvalue weighted by atomic mass is 16.5. The number of likely N-dealkylation sites (tertiary alicyclic amines) is 1. The molecule has 0 amide bonds. The first-order valence-electron chi connectivity index (χ1n) is 7.75. The number of benzene rings is 1. The number of hydrogen-bond acceptors (Lipinski definition) is 4. The Bertz CT molecular complexity index is 454. The molecule has 0 radical (unpaired) electrons. The molecule has 2 N–H and O–H groups in total. The molecule has 21 heavy (non-hydrogen) atoms. The fourth-order valence-corrected chi connectivity index (χ4v) is 3.61. The van der Waals surface area contributed by atoms with Gasteiger partial charge in [0.05, 0.1) is 20.3 Å². The van der Waals surface area contributed by atoms with Crippen molar-refractivity contribution in [1.82, 2.24) is 4.90 Å². The van der Waals surface area contributed by atoms with Crippen molar-refractivity contribution in [2.75, 3.05) is 33.9 Å². The van der Waals surface area contributed by atoms with Crippen LogP contribution in [0.5, 0.6) is 11.5 Å². The lowest BCUT2D eigenvalue weighted by molar-refractivity contribution is 0.0969. The number of nitrogens with two attached hydrogens (primary N) is 1. The molecule has 118 valence electrons. The van der Waals surface area contributed by atoms with Gasteiger partial charge in [0.25, 0.3) is 0 Å². The first-order valence-corrected chi connectivity index (χ1v) is 7.75. The minimum atomic E-state index is 0.181. The van der Waals surface area contributed by atoms with Crippen LogP contribution in [-0.2, 0) is 0 Å². The predicted molar refractivity (Wildman–Crippen MR) is 85.9 cm³/mol. The lowest BCUT2D eigenvalue weighted by Gasteiger charge is -2.40. The Labute approximate surface area is 128 Å². The monoisotopic (exact) mass is 292 g/mol. The number of methoxy groups -OCH3 is 2. The maximum absolute atomic E-state index is 6.10. The van der Waals surface area contributed by atoms with Crippen molar-refractivity contribution in [2.45, 2.75) is 26.3 Å². The molecule has 1 heterocycles. The van der Waals surface area contributed by atoms with Gasteiger partial charge in [-0.25, -0.2) is 0 Å². The normalized spacial score (nSPS) is 24.6. The van der Waals surface area contributed by atoms with Gasteiger partial charge in [0.15, 0.2) is 11.5 Å². The Morgan fingerprint density at radius 1 is 1.19 bits per heavy atom. The maximum Gasteiger partial charge on any atom is 0.165 e. The summed E-state index contributed by atoms with van der Waals surface area (Å²) < 4.78 is 11.0. The number of hydrogen-bond donors (Lipinski definition) is 1. The van der Waals surface area contributed by atoms with Crippen LogP contribution in [0.2, 0.25) is 0 Å². The number of rotatable bonds is 5. The van der Waals surface area contributed by atoms with Gasteiger partial charge in [-0.3, -0.25) is 4.90 Å². The fourth-order valence-electron chi connectivity index (χ4n) is 3.61. The second kappa shape index (κ2) is 7.14. The van der Waals surface area contributed by atoms with E-state index >= 15 is 0 Å². The Hall–Kier alpha value is -1.26. The van der Waals surface area contributed by atoms with Crippen LogP contribution in [0.3, 0.4) is 0 Å². The van der Waals surface area contributed by atoms with Crippen LogP contribution in [-0.4, -0.2) is 38.8 Å². The van der Waals surface area contributed by atoms with Crippen molar-refractivity contribution in [2.24, 2.45) is 17.6 Å². The molecule has 4 heteroatoms. The quantitative estimate of drug-likeness (QED) is 0.906. The van der Waals surface area contributed by atoms with E-state index in [1.54, 1.807) is 14.2 Å². The van der Waals surface area contributed by atoms with Gasteiger partial charge in [0.1, 0.15) is 0 Å². The number of ether oxygens (including phenoxy) is 2. The summed E-state index contributed by atoms with van der Waals surface area (Å²) in [5.41, 5.74) is 7.23. The number of para-hydroxylation sites is 1. The zero-order chi connectivity index (χ0) is 15.4. The SMILES string of the molecule is COc1cccc(C(CN)N2CC(C)CC(C)C2)c1OC. The second-order valence-corrected chi connectivity index (χ2v) is 6.23. The molecule has 1 aromatic rings. The first-order chi connectivity index (χ1) is 10.1. The molecule has 0 aromatic heterocycles. The van der Waals surface area contributed by atoms with E-state index in [-0.39, 0.29) is 6.04 Å². The highest BCUT2D eigenvalue weighted by molar-refractivity contribution is 5.48. The van der Waals surface area contributed by atoms with Gasteiger partial charge >= 0.3 is 0 Å². The third-order valence-corrected chi connectivity index (χ3v) is 4.35. The molecule has 1 aliphatic heterocycles. The van der Waals surface area contributed by atoms with Crippen molar-refractivity contribution in [1.29, 1.82) is 0 Å². The molecule has 1 aromatic carbocycles. The molecular weight excluding hydrogens is 264 g/mol. The summed E-state index contributed by atoms with van der Waals surface area (Å²) in [7, 11) is 3.36. The average Bonchev–Trinajstić information content (AvgIpc) is 2.46. The predicted octanol–water partition coefficient (Wildman–Crippen LogP) is 2.68. The summed E-state index contributed by atoms with van der Waals surface area (Å²) in [4.78, 5) is 2.50. The zero-order valence-electron chi connectivity index (χ0n) is 13.6. The van der Waals surface area contributed by atoms with Crippen LogP contribution in [0.1, 0.15) is 31.9 Å². The van der Waals surface area contributed by atoms with Crippen molar-refractivity contribution >= 4 is 0 Å². The third kappa shape index (κ3) is 3.50. The zero-order valence-corrected chi connectivity index (χ0v) is 13.6. The van der Waals surface area contributed by atoms with Crippen molar-refractivity contribution in [3.05, 3.63) is 23.8 Å². The molecule has 2 rings (SSSR count). The Balaban J connectivity index is 2.32. The van der Waals surface area contributed by atoms with Crippen molar-refractivity contribution < 1.29 is 9.47 Å². The standard InChI is InChI=1S/C17H28N2O2/c1-12-8-13(2)11-19(10-12)15(9-18)14-6-5-7-16(20-3)17(14)21-4/h5-7,12-13,15H,8-11,18H2,1-4H3. The van der Waals surface area contributed by atoms with Crippen LogP contribution in [0.4, 0.5) is 0 Å². The van der Waals surface area contributed by atoms with Crippen LogP contribution in [0.25, 0.3) is 0 Å². The van der Waals surface area contributed by atoms with E-state index in [0.29, 0.717) is 18.4 Å². The number of piperidine rings is 1. The van der Waals surface area contributed by atoms with E-state index in [1.807, 2.05) is 12.1 Å². The average molecular weight is 292 g/mol. The van der Waals surface area contributed by atoms with E-state index in [2.05, 4.69) is 24.8 Å². The molecule has 4 nitrogen and oxygen atoms in total. The summed E-state index contributed by atoms with van der Waals surface area (Å²) in [6, 6.07) is 6.22. The fraction of sp³-hybridized carbons (Fsp3) is 0.647. The summed E-state index contributed by atoms with van der Waals surface area (Å²) in [6.45, 7) is 7.40. The molecule has 0 bridgehead atoms. The van der Waals surface area contributed by atoms with E-state index in [0.717, 1.165) is 30.2 Å². The van der Waals surface area contributed by atoms with Gasteiger partial charge in [-0.2, -0.15) is 0 Å².